The third-order valence-electron chi connectivity index (χ3n) is 3.62. The lowest BCUT2D eigenvalue weighted by atomic mass is 10.1. The third kappa shape index (κ3) is 6.55. The van der Waals surface area contributed by atoms with Crippen molar-refractivity contribution in [1.29, 1.82) is 0 Å². The number of amides is 1. The van der Waals surface area contributed by atoms with Crippen LogP contribution in [0.3, 0.4) is 0 Å². The van der Waals surface area contributed by atoms with Crippen LogP contribution in [0, 0.1) is 5.82 Å². The Morgan fingerprint density at radius 1 is 1.20 bits per heavy atom. The molecule has 0 heterocycles. The molecule has 0 aliphatic carbocycles. The van der Waals surface area contributed by atoms with Gasteiger partial charge in [-0.2, -0.15) is 0 Å². The minimum Gasteiger partial charge on any atom is -0.456 e. The van der Waals surface area contributed by atoms with E-state index < -0.39 is 5.97 Å². The van der Waals surface area contributed by atoms with E-state index >= 15 is 0 Å². The lowest BCUT2D eigenvalue weighted by Crippen LogP contribution is -2.31. The van der Waals surface area contributed by atoms with Crippen molar-refractivity contribution in [3.63, 3.8) is 0 Å². The molecule has 0 saturated heterocycles. The molecule has 0 aliphatic heterocycles. The Bertz CT molecular complexity index is 734. The predicted molar refractivity (Wildman–Crippen MR) is 93.7 cm³/mol. The van der Waals surface area contributed by atoms with Gasteiger partial charge in [-0.3, -0.25) is 9.59 Å². The summed E-state index contributed by atoms with van der Waals surface area (Å²) in [5, 5.41) is 3.33. The van der Waals surface area contributed by atoms with Gasteiger partial charge in [-0.05, 0) is 48.7 Å². The molecule has 2 aromatic rings. The van der Waals surface area contributed by atoms with Gasteiger partial charge in [0.2, 0.25) is 0 Å². The van der Waals surface area contributed by atoms with E-state index in [0.29, 0.717) is 11.4 Å². The van der Waals surface area contributed by atoms with Crippen LogP contribution in [0.25, 0.3) is 0 Å². The summed E-state index contributed by atoms with van der Waals surface area (Å²) in [6.07, 6.45) is 0.558. The van der Waals surface area contributed by atoms with Gasteiger partial charge in [-0.15, -0.1) is 0 Å². The Morgan fingerprint density at radius 2 is 1.92 bits per heavy atom. The molecule has 0 aromatic heterocycles. The summed E-state index contributed by atoms with van der Waals surface area (Å²) < 4.78 is 17.8. The average Bonchev–Trinajstić information content (AvgIpc) is 2.59. The molecular weight excluding hydrogens is 345 g/mol. The van der Waals surface area contributed by atoms with E-state index in [1.807, 2.05) is 13.0 Å². The molecule has 25 heavy (non-hydrogen) atoms. The highest BCUT2D eigenvalue weighted by Gasteiger charge is 2.12. The molecule has 0 aliphatic rings. The van der Waals surface area contributed by atoms with Crippen LogP contribution in [0.2, 0.25) is 5.02 Å². The zero-order valence-electron chi connectivity index (χ0n) is 13.8. The number of hydrogen-bond donors (Lipinski definition) is 1. The number of carbonyl (C=O) groups is 2. The maximum Gasteiger partial charge on any atom is 0.306 e. The Morgan fingerprint density at radius 3 is 2.60 bits per heavy atom. The Labute approximate surface area is 150 Å². The zero-order chi connectivity index (χ0) is 18.2. The van der Waals surface area contributed by atoms with E-state index in [0.717, 1.165) is 11.1 Å². The van der Waals surface area contributed by atoms with E-state index in [2.05, 4.69) is 5.32 Å². The second-order valence-corrected chi connectivity index (χ2v) is 6.07. The largest absolute Gasteiger partial charge is 0.456 e. The van der Waals surface area contributed by atoms with Gasteiger partial charge in [0.25, 0.3) is 5.91 Å². The molecule has 132 valence electrons. The normalized spacial score (nSPS) is 11.6. The maximum atomic E-state index is 12.8. The Hall–Kier alpha value is -2.40. The van der Waals surface area contributed by atoms with Crippen LogP contribution in [0.1, 0.15) is 30.5 Å². The van der Waals surface area contributed by atoms with Crippen molar-refractivity contribution in [2.45, 2.75) is 25.8 Å². The van der Waals surface area contributed by atoms with Crippen LogP contribution < -0.4 is 5.32 Å². The first kappa shape index (κ1) is 18.9. The summed E-state index contributed by atoms with van der Waals surface area (Å²) in [7, 11) is 0. The van der Waals surface area contributed by atoms with Crippen molar-refractivity contribution in [2.24, 2.45) is 0 Å². The number of esters is 1. The number of nitrogens with one attached hydrogen (secondary N) is 1. The first-order valence-corrected chi connectivity index (χ1v) is 8.27. The molecular formula is C19H19ClFNO3. The second kappa shape index (κ2) is 9.18. The van der Waals surface area contributed by atoms with Crippen LogP contribution in [-0.4, -0.2) is 18.5 Å². The van der Waals surface area contributed by atoms with Crippen molar-refractivity contribution in [1.82, 2.24) is 5.32 Å². The van der Waals surface area contributed by atoms with Crippen molar-refractivity contribution in [2.75, 3.05) is 6.61 Å². The van der Waals surface area contributed by atoms with Crippen LogP contribution in [0.5, 0.6) is 0 Å². The van der Waals surface area contributed by atoms with E-state index in [1.165, 1.54) is 12.1 Å². The molecule has 2 rings (SSSR count). The highest BCUT2D eigenvalue weighted by Crippen LogP contribution is 2.17. The fraction of sp³-hybridized carbons (Fsp3) is 0.263. The van der Waals surface area contributed by atoms with Gasteiger partial charge in [-0.25, -0.2) is 4.39 Å². The van der Waals surface area contributed by atoms with Gasteiger partial charge in [0.1, 0.15) is 5.82 Å². The standard InChI is InChI=1S/C19H19ClFNO3/c1-13(15-3-2-4-16(20)11-15)22-18(23)12-25-19(24)10-7-14-5-8-17(21)9-6-14/h2-6,8-9,11,13H,7,10,12H2,1H3,(H,22,23)/t13-/m0/s1. The van der Waals surface area contributed by atoms with Gasteiger partial charge < -0.3 is 10.1 Å². The molecule has 0 unspecified atom stereocenters. The van der Waals surface area contributed by atoms with E-state index in [1.54, 1.807) is 30.3 Å². The van der Waals surface area contributed by atoms with Crippen LogP contribution in [-0.2, 0) is 20.7 Å². The minimum atomic E-state index is -0.477. The number of aryl methyl sites for hydroxylation is 1. The fourth-order valence-electron chi connectivity index (χ4n) is 2.26. The number of hydrogen-bond acceptors (Lipinski definition) is 3. The molecule has 1 amide bonds. The molecule has 0 radical (unpaired) electrons. The summed E-state index contributed by atoms with van der Waals surface area (Å²) in [6, 6.07) is 12.8. The molecule has 2 aromatic carbocycles. The number of rotatable bonds is 7. The van der Waals surface area contributed by atoms with E-state index in [9.17, 15) is 14.0 Å². The second-order valence-electron chi connectivity index (χ2n) is 5.63. The van der Waals surface area contributed by atoms with Crippen LogP contribution >= 0.6 is 11.6 Å². The van der Waals surface area contributed by atoms with Crippen molar-refractivity contribution < 1.29 is 18.7 Å². The summed E-state index contributed by atoms with van der Waals surface area (Å²) in [5.41, 5.74) is 1.70. The van der Waals surface area contributed by atoms with Crippen molar-refractivity contribution >= 4 is 23.5 Å². The molecule has 4 nitrogen and oxygen atoms in total. The molecule has 0 saturated carbocycles. The molecule has 0 fully saturated rings. The SMILES string of the molecule is C[C@H](NC(=O)COC(=O)CCc1ccc(F)cc1)c1cccc(Cl)c1. The predicted octanol–water partition coefficient (Wildman–Crippen LogP) is 3.83. The van der Waals surface area contributed by atoms with Crippen molar-refractivity contribution in [3.8, 4) is 0 Å². The number of benzene rings is 2. The minimum absolute atomic E-state index is 0.128. The van der Waals surface area contributed by atoms with Crippen molar-refractivity contribution in [3.05, 3.63) is 70.5 Å². The molecule has 6 heteroatoms. The topological polar surface area (TPSA) is 55.4 Å². The van der Waals surface area contributed by atoms with Gasteiger partial charge in [0.15, 0.2) is 6.61 Å². The number of ether oxygens (including phenoxy) is 1. The zero-order valence-corrected chi connectivity index (χ0v) is 14.6. The number of carbonyl (C=O) groups excluding carboxylic acids is 2. The quantitative estimate of drug-likeness (QED) is 0.760. The fourth-order valence-corrected chi connectivity index (χ4v) is 2.46. The lowest BCUT2D eigenvalue weighted by molar-refractivity contribution is -0.148. The maximum absolute atomic E-state index is 12.8. The average molecular weight is 364 g/mol. The van der Waals surface area contributed by atoms with Gasteiger partial charge in [0, 0.05) is 11.4 Å². The molecule has 0 bridgehead atoms. The van der Waals surface area contributed by atoms with Crippen LogP contribution in [0.4, 0.5) is 4.39 Å². The van der Waals surface area contributed by atoms with Gasteiger partial charge in [-0.1, -0.05) is 35.9 Å². The van der Waals surface area contributed by atoms with E-state index in [4.69, 9.17) is 16.3 Å². The molecule has 1 N–H and O–H groups in total. The van der Waals surface area contributed by atoms with Gasteiger partial charge in [0.05, 0.1) is 6.04 Å². The Kier molecular flexibility index (Phi) is 6.95. The molecule has 0 spiro atoms. The summed E-state index contributed by atoms with van der Waals surface area (Å²) in [4.78, 5) is 23.6. The number of halogens is 2. The summed E-state index contributed by atoms with van der Waals surface area (Å²) in [6.45, 7) is 1.48. The first-order chi connectivity index (χ1) is 11.9. The summed E-state index contributed by atoms with van der Waals surface area (Å²) >= 11 is 5.92. The van der Waals surface area contributed by atoms with E-state index in [-0.39, 0.29) is 30.8 Å². The van der Waals surface area contributed by atoms with Crippen LogP contribution in [0.15, 0.2) is 48.5 Å². The lowest BCUT2D eigenvalue weighted by Gasteiger charge is -2.14. The highest BCUT2D eigenvalue weighted by atomic mass is 35.5. The summed E-state index contributed by atoms with van der Waals surface area (Å²) in [5.74, 6) is -1.19. The molecule has 1 atom stereocenters. The smallest absolute Gasteiger partial charge is 0.306 e. The Balaban J connectivity index is 1.71. The third-order valence-corrected chi connectivity index (χ3v) is 3.86. The highest BCUT2D eigenvalue weighted by molar-refractivity contribution is 6.30. The first-order valence-electron chi connectivity index (χ1n) is 7.89. The monoisotopic (exact) mass is 363 g/mol. The van der Waals surface area contributed by atoms with Gasteiger partial charge >= 0.3 is 5.97 Å².